The molecule has 0 bridgehead atoms. The van der Waals surface area contributed by atoms with E-state index in [9.17, 15) is 9.59 Å². The summed E-state index contributed by atoms with van der Waals surface area (Å²) < 4.78 is 5.12. The molecule has 3 amide bonds. The maximum atomic E-state index is 11.7. The van der Waals surface area contributed by atoms with Crippen molar-refractivity contribution >= 4 is 11.9 Å². The SMILES string of the molecule is Cc1cc(Cn2nnc(-c3ccc(C4NC(=O)NC4=O)cc3)n2)on1. The second kappa shape index (κ2) is 5.82. The van der Waals surface area contributed by atoms with Gasteiger partial charge in [0.25, 0.3) is 5.91 Å². The number of nitrogens with zero attached hydrogens (tertiary/aromatic N) is 5. The lowest BCUT2D eigenvalue weighted by Gasteiger charge is -2.07. The van der Waals surface area contributed by atoms with Crippen LogP contribution in [0.1, 0.15) is 23.1 Å². The largest absolute Gasteiger partial charge is 0.359 e. The average molecular weight is 339 g/mol. The van der Waals surface area contributed by atoms with Gasteiger partial charge in [-0.2, -0.15) is 4.80 Å². The number of nitrogens with one attached hydrogen (secondary N) is 2. The molecule has 0 saturated carbocycles. The maximum absolute atomic E-state index is 11.7. The van der Waals surface area contributed by atoms with E-state index in [2.05, 4.69) is 31.2 Å². The first-order valence-corrected chi connectivity index (χ1v) is 7.50. The van der Waals surface area contributed by atoms with E-state index in [0.29, 0.717) is 23.7 Å². The van der Waals surface area contributed by atoms with Gasteiger partial charge < -0.3 is 9.84 Å². The van der Waals surface area contributed by atoms with E-state index in [1.165, 1.54) is 4.80 Å². The zero-order valence-corrected chi connectivity index (χ0v) is 13.1. The molecule has 3 heterocycles. The molecule has 10 heteroatoms. The van der Waals surface area contributed by atoms with Crippen LogP contribution in [0, 0.1) is 6.92 Å². The Morgan fingerprint density at radius 3 is 2.68 bits per heavy atom. The lowest BCUT2D eigenvalue weighted by molar-refractivity contribution is -0.120. The van der Waals surface area contributed by atoms with Crippen LogP contribution in [-0.4, -0.2) is 37.3 Å². The van der Waals surface area contributed by atoms with Gasteiger partial charge in [0, 0.05) is 11.6 Å². The van der Waals surface area contributed by atoms with Crippen LogP contribution in [-0.2, 0) is 11.3 Å². The molecule has 0 radical (unpaired) electrons. The fraction of sp³-hybridized carbons (Fsp3) is 0.200. The molecule has 2 aromatic heterocycles. The number of amides is 3. The summed E-state index contributed by atoms with van der Waals surface area (Å²) in [5, 5.41) is 20.9. The Bertz CT molecular complexity index is 944. The number of aromatic nitrogens is 5. The van der Waals surface area contributed by atoms with Crippen molar-refractivity contribution in [2.45, 2.75) is 19.5 Å². The summed E-state index contributed by atoms with van der Waals surface area (Å²) in [7, 11) is 0. The van der Waals surface area contributed by atoms with E-state index in [-0.39, 0.29) is 5.91 Å². The van der Waals surface area contributed by atoms with E-state index in [1.54, 1.807) is 30.3 Å². The van der Waals surface area contributed by atoms with Crippen molar-refractivity contribution in [2.24, 2.45) is 0 Å². The highest BCUT2D eigenvalue weighted by molar-refractivity contribution is 6.04. The Kier molecular flexibility index (Phi) is 3.49. The first-order chi connectivity index (χ1) is 12.1. The molecule has 1 atom stereocenters. The molecule has 3 aromatic rings. The number of tetrazole rings is 1. The second-order valence-corrected chi connectivity index (χ2v) is 5.60. The Morgan fingerprint density at radius 2 is 2.04 bits per heavy atom. The van der Waals surface area contributed by atoms with Crippen LogP contribution in [0.25, 0.3) is 11.4 Å². The fourth-order valence-electron chi connectivity index (χ4n) is 2.53. The quantitative estimate of drug-likeness (QED) is 0.665. The number of urea groups is 1. The number of carbonyl (C=O) groups excluding carboxylic acids is 2. The van der Waals surface area contributed by atoms with Crippen LogP contribution in [0.5, 0.6) is 0 Å². The molecule has 2 N–H and O–H groups in total. The summed E-state index contributed by atoms with van der Waals surface area (Å²) in [5.74, 6) is 0.714. The average Bonchev–Trinajstić information content (AvgIpc) is 3.29. The van der Waals surface area contributed by atoms with Gasteiger partial charge in [-0.25, -0.2) is 4.79 Å². The topological polar surface area (TPSA) is 128 Å². The van der Waals surface area contributed by atoms with Crippen LogP contribution >= 0.6 is 0 Å². The number of aryl methyl sites for hydroxylation is 1. The molecular weight excluding hydrogens is 326 g/mol. The minimum atomic E-state index is -0.681. The lowest BCUT2D eigenvalue weighted by atomic mass is 10.0. The number of hydrogen-bond donors (Lipinski definition) is 2. The van der Waals surface area contributed by atoms with E-state index in [1.807, 2.05) is 6.92 Å². The third-order valence-corrected chi connectivity index (χ3v) is 3.70. The lowest BCUT2D eigenvalue weighted by Crippen LogP contribution is -2.22. The minimum Gasteiger partial charge on any atom is -0.359 e. The smallest absolute Gasteiger partial charge is 0.322 e. The van der Waals surface area contributed by atoms with Crippen LogP contribution < -0.4 is 10.6 Å². The van der Waals surface area contributed by atoms with Crippen LogP contribution in [0.3, 0.4) is 0 Å². The first kappa shape index (κ1) is 15.0. The predicted molar refractivity (Wildman–Crippen MR) is 83.0 cm³/mol. The van der Waals surface area contributed by atoms with Gasteiger partial charge in [-0.1, -0.05) is 29.4 Å². The number of imide groups is 1. The van der Waals surface area contributed by atoms with Gasteiger partial charge in [0.2, 0.25) is 5.82 Å². The van der Waals surface area contributed by atoms with Gasteiger partial charge in [-0.3, -0.25) is 10.1 Å². The Balaban J connectivity index is 1.51. The first-order valence-electron chi connectivity index (χ1n) is 7.50. The van der Waals surface area contributed by atoms with Crippen molar-refractivity contribution in [1.29, 1.82) is 0 Å². The molecule has 25 heavy (non-hydrogen) atoms. The molecule has 4 rings (SSSR count). The molecule has 10 nitrogen and oxygen atoms in total. The molecule has 1 saturated heterocycles. The summed E-state index contributed by atoms with van der Waals surface area (Å²) in [4.78, 5) is 24.3. The third-order valence-electron chi connectivity index (χ3n) is 3.70. The van der Waals surface area contributed by atoms with Gasteiger partial charge in [-0.05, 0) is 17.7 Å². The number of rotatable bonds is 4. The number of hydrogen-bond acceptors (Lipinski definition) is 7. The maximum Gasteiger partial charge on any atom is 0.322 e. The van der Waals surface area contributed by atoms with Crippen molar-refractivity contribution in [3.8, 4) is 11.4 Å². The van der Waals surface area contributed by atoms with Crippen molar-refractivity contribution < 1.29 is 14.1 Å². The highest BCUT2D eigenvalue weighted by atomic mass is 16.5. The van der Waals surface area contributed by atoms with Gasteiger partial charge in [-0.15, -0.1) is 10.2 Å². The van der Waals surface area contributed by atoms with Crippen LogP contribution in [0.2, 0.25) is 0 Å². The zero-order chi connectivity index (χ0) is 17.4. The van der Waals surface area contributed by atoms with E-state index < -0.39 is 12.1 Å². The van der Waals surface area contributed by atoms with Crippen LogP contribution in [0.15, 0.2) is 34.9 Å². The van der Waals surface area contributed by atoms with E-state index in [0.717, 1.165) is 11.3 Å². The fourth-order valence-corrected chi connectivity index (χ4v) is 2.53. The minimum absolute atomic E-state index is 0.334. The molecule has 1 aliphatic heterocycles. The van der Waals surface area contributed by atoms with E-state index in [4.69, 9.17) is 4.52 Å². The number of benzene rings is 1. The summed E-state index contributed by atoms with van der Waals surface area (Å²) in [6.45, 7) is 2.17. The molecule has 1 aliphatic rings. The van der Waals surface area contributed by atoms with Crippen molar-refractivity contribution in [2.75, 3.05) is 0 Å². The summed E-state index contributed by atoms with van der Waals surface area (Å²) >= 11 is 0. The second-order valence-electron chi connectivity index (χ2n) is 5.60. The molecular formula is C15H13N7O3. The summed E-state index contributed by atoms with van der Waals surface area (Å²) in [5.41, 5.74) is 2.21. The van der Waals surface area contributed by atoms with Gasteiger partial charge in [0.1, 0.15) is 12.6 Å². The third kappa shape index (κ3) is 2.96. The predicted octanol–water partition coefficient (Wildman–Crippen LogP) is 0.565. The summed E-state index contributed by atoms with van der Waals surface area (Å²) in [6.07, 6.45) is 0. The van der Waals surface area contributed by atoms with E-state index >= 15 is 0 Å². The number of carbonyl (C=O) groups is 2. The monoisotopic (exact) mass is 339 g/mol. The molecule has 1 fully saturated rings. The van der Waals surface area contributed by atoms with Crippen molar-refractivity contribution in [1.82, 2.24) is 36.0 Å². The molecule has 1 aromatic carbocycles. The van der Waals surface area contributed by atoms with Crippen LogP contribution in [0.4, 0.5) is 4.79 Å². The molecule has 0 spiro atoms. The zero-order valence-electron chi connectivity index (χ0n) is 13.1. The molecule has 1 unspecified atom stereocenters. The standard InChI is InChI=1S/C15H13N7O3/c1-8-6-11(25-20-8)7-22-19-13(18-21-22)10-4-2-9(3-5-10)12-14(23)17-15(24)16-12/h2-6,12H,7H2,1H3,(H2,16,17,23,24). The Hall–Kier alpha value is -3.56. The molecule has 126 valence electrons. The Labute approximate surface area is 141 Å². The highest BCUT2D eigenvalue weighted by Gasteiger charge is 2.30. The van der Waals surface area contributed by atoms with Gasteiger partial charge in [0.15, 0.2) is 5.76 Å². The van der Waals surface area contributed by atoms with Crippen molar-refractivity contribution in [3.05, 3.63) is 47.3 Å². The van der Waals surface area contributed by atoms with Gasteiger partial charge >= 0.3 is 6.03 Å². The molecule has 0 aliphatic carbocycles. The summed E-state index contributed by atoms with van der Waals surface area (Å²) in [6, 6.07) is 7.65. The van der Waals surface area contributed by atoms with Gasteiger partial charge in [0.05, 0.1) is 5.69 Å². The Morgan fingerprint density at radius 1 is 1.24 bits per heavy atom. The highest BCUT2D eigenvalue weighted by Crippen LogP contribution is 2.21. The van der Waals surface area contributed by atoms with Crippen molar-refractivity contribution in [3.63, 3.8) is 0 Å². The normalized spacial score (nSPS) is 16.8.